The van der Waals surface area contributed by atoms with E-state index in [1.54, 1.807) is 7.11 Å². The van der Waals surface area contributed by atoms with Gasteiger partial charge in [0.2, 0.25) is 11.8 Å². The molecule has 5 nitrogen and oxygen atoms in total. The summed E-state index contributed by atoms with van der Waals surface area (Å²) in [6.45, 7) is 0. The Bertz CT molecular complexity index is 989. The minimum Gasteiger partial charge on any atom is -0.497 e. The molecule has 4 N–H and O–H groups in total. The fourth-order valence-electron chi connectivity index (χ4n) is 2.71. The summed E-state index contributed by atoms with van der Waals surface area (Å²) in [7, 11) is 1.64. The maximum atomic E-state index is 10.9. The number of rotatable bonds is 6. The molecule has 0 aromatic heterocycles. The van der Waals surface area contributed by atoms with Gasteiger partial charge in [-0.05, 0) is 46.5 Å². The highest BCUT2D eigenvalue weighted by Crippen LogP contribution is 2.24. The first-order valence-electron chi connectivity index (χ1n) is 8.92. The monoisotopic (exact) mass is 454 g/mol. The van der Waals surface area contributed by atoms with Gasteiger partial charge >= 0.3 is 0 Å². The molecule has 150 valence electrons. The van der Waals surface area contributed by atoms with Crippen molar-refractivity contribution in [2.75, 3.05) is 7.11 Å². The van der Waals surface area contributed by atoms with E-state index in [0.717, 1.165) is 32.5 Å². The highest BCUT2D eigenvalue weighted by atomic mass is 79.9. The number of carbonyl (C=O) groups is 2. The Morgan fingerprint density at radius 3 is 1.86 bits per heavy atom. The van der Waals surface area contributed by atoms with Gasteiger partial charge < -0.3 is 16.2 Å². The molecule has 3 aromatic rings. The van der Waals surface area contributed by atoms with Gasteiger partial charge in [-0.1, -0.05) is 64.5 Å². The van der Waals surface area contributed by atoms with Crippen molar-refractivity contribution in [1.82, 2.24) is 0 Å². The van der Waals surface area contributed by atoms with Crippen LogP contribution in [0.3, 0.4) is 0 Å². The largest absolute Gasteiger partial charge is 0.497 e. The number of amides is 2. The molecule has 3 rings (SSSR count). The summed E-state index contributed by atoms with van der Waals surface area (Å²) in [4.78, 5) is 21.4. The molecule has 0 aliphatic carbocycles. The Morgan fingerprint density at radius 2 is 1.31 bits per heavy atom. The molecule has 0 unspecified atom stereocenters. The summed E-state index contributed by atoms with van der Waals surface area (Å²) >= 11 is 3.30. The molecule has 0 saturated carbocycles. The average molecular weight is 455 g/mol. The van der Waals surface area contributed by atoms with E-state index in [9.17, 15) is 9.59 Å². The van der Waals surface area contributed by atoms with E-state index in [2.05, 4.69) is 15.9 Å². The normalized spacial score (nSPS) is 9.86. The zero-order valence-corrected chi connectivity index (χ0v) is 17.7. The molecular formula is C23H23BrN2O3. The van der Waals surface area contributed by atoms with Gasteiger partial charge in [-0.15, -0.1) is 0 Å². The maximum Gasteiger partial charge on any atom is 0.221 e. The lowest BCUT2D eigenvalue weighted by Crippen LogP contribution is -2.13. The molecule has 0 spiro atoms. The first kappa shape index (κ1) is 22.2. The number of benzene rings is 3. The summed E-state index contributed by atoms with van der Waals surface area (Å²) < 4.78 is 6.17. The van der Waals surface area contributed by atoms with E-state index in [-0.39, 0.29) is 18.2 Å². The van der Waals surface area contributed by atoms with Crippen LogP contribution in [0, 0.1) is 0 Å². The third kappa shape index (κ3) is 7.79. The van der Waals surface area contributed by atoms with Crippen molar-refractivity contribution in [3.8, 4) is 16.9 Å². The van der Waals surface area contributed by atoms with Crippen LogP contribution in [-0.2, 0) is 22.4 Å². The van der Waals surface area contributed by atoms with Gasteiger partial charge in [0.1, 0.15) is 5.75 Å². The molecule has 0 aliphatic rings. The van der Waals surface area contributed by atoms with Crippen molar-refractivity contribution in [2.24, 2.45) is 11.5 Å². The summed E-state index contributed by atoms with van der Waals surface area (Å²) in [6.07, 6.45) is 0.567. The molecule has 0 radical (unpaired) electrons. The zero-order chi connectivity index (χ0) is 21.2. The third-order valence-corrected chi connectivity index (χ3v) is 4.47. The van der Waals surface area contributed by atoms with Crippen LogP contribution in [-0.4, -0.2) is 18.9 Å². The highest BCUT2D eigenvalue weighted by molar-refractivity contribution is 9.10. The Labute approximate surface area is 178 Å². The van der Waals surface area contributed by atoms with Crippen molar-refractivity contribution in [2.45, 2.75) is 12.8 Å². The van der Waals surface area contributed by atoms with Crippen LogP contribution in [0.5, 0.6) is 5.75 Å². The molecule has 29 heavy (non-hydrogen) atoms. The Morgan fingerprint density at radius 1 is 0.793 bits per heavy atom. The van der Waals surface area contributed by atoms with Gasteiger partial charge in [0.25, 0.3) is 0 Å². The lowest BCUT2D eigenvalue weighted by molar-refractivity contribution is -0.118. The van der Waals surface area contributed by atoms with Crippen LogP contribution in [0.2, 0.25) is 0 Å². The van der Waals surface area contributed by atoms with E-state index < -0.39 is 0 Å². The van der Waals surface area contributed by atoms with Gasteiger partial charge in [0, 0.05) is 4.47 Å². The highest BCUT2D eigenvalue weighted by Gasteiger charge is 2.03. The standard InChI is InChI=1S/C15H15NO2.C8H8BrNO/c1-18-14-7-3-6-13(10-14)12-5-2-4-11(8-12)9-15(16)17;9-7-3-1-2-6(4-7)5-8(10)11/h2-8,10H,9H2,1H3,(H2,16,17);1-4H,5H2,(H2,10,11). The Kier molecular flexibility index (Phi) is 8.43. The van der Waals surface area contributed by atoms with Crippen molar-refractivity contribution in [3.63, 3.8) is 0 Å². The fourth-order valence-corrected chi connectivity index (χ4v) is 3.16. The Balaban J connectivity index is 0.000000234. The molecule has 0 fully saturated rings. The van der Waals surface area contributed by atoms with E-state index in [4.69, 9.17) is 16.2 Å². The zero-order valence-electron chi connectivity index (χ0n) is 16.1. The second kappa shape index (κ2) is 11.0. The van der Waals surface area contributed by atoms with Crippen molar-refractivity contribution < 1.29 is 14.3 Å². The van der Waals surface area contributed by atoms with E-state index in [1.807, 2.05) is 72.8 Å². The number of hydrogen-bond acceptors (Lipinski definition) is 3. The molecule has 6 heteroatoms. The topological polar surface area (TPSA) is 95.4 Å². The minimum absolute atomic E-state index is 0.262. The van der Waals surface area contributed by atoms with Crippen LogP contribution in [0.15, 0.2) is 77.3 Å². The van der Waals surface area contributed by atoms with Crippen LogP contribution in [0.4, 0.5) is 0 Å². The quantitative estimate of drug-likeness (QED) is 0.591. The smallest absolute Gasteiger partial charge is 0.221 e. The molecule has 0 saturated heterocycles. The number of halogens is 1. The number of ether oxygens (including phenoxy) is 1. The number of hydrogen-bond donors (Lipinski definition) is 2. The first-order valence-corrected chi connectivity index (χ1v) is 9.71. The molecule has 2 amide bonds. The number of methoxy groups -OCH3 is 1. The predicted octanol–water partition coefficient (Wildman–Crippen LogP) is 3.87. The van der Waals surface area contributed by atoms with E-state index in [1.165, 1.54) is 0 Å². The second-order valence-electron chi connectivity index (χ2n) is 6.35. The van der Waals surface area contributed by atoms with Gasteiger partial charge in [-0.2, -0.15) is 0 Å². The maximum absolute atomic E-state index is 10.9. The van der Waals surface area contributed by atoms with Gasteiger partial charge in [-0.25, -0.2) is 0 Å². The van der Waals surface area contributed by atoms with Crippen molar-refractivity contribution in [3.05, 3.63) is 88.4 Å². The fraction of sp³-hybridized carbons (Fsp3) is 0.130. The lowest BCUT2D eigenvalue weighted by Gasteiger charge is -2.06. The van der Waals surface area contributed by atoms with E-state index >= 15 is 0 Å². The van der Waals surface area contributed by atoms with Crippen LogP contribution < -0.4 is 16.2 Å². The summed E-state index contributed by atoms with van der Waals surface area (Å²) in [5.74, 6) is 0.189. The third-order valence-electron chi connectivity index (χ3n) is 3.98. The van der Waals surface area contributed by atoms with Gasteiger partial charge in [-0.3, -0.25) is 9.59 Å². The van der Waals surface area contributed by atoms with Gasteiger partial charge in [0.05, 0.1) is 20.0 Å². The van der Waals surface area contributed by atoms with Crippen molar-refractivity contribution >= 4 is 27.7 Å². The van der Waals surface area contributed by atoms with Gasteiger partial charge in [0.15, 0.2) is 0 Å². The molecule has 0 atom stereocenters. The molecular weight excluding hydrogens is 432 g/mol. The Hall–Kier alpha value is -3.12. The lowest BCUT2D eigenvalue weighted by atomic mass is 10.0. The SMILES string of the molecule is COc1cccc(-c2cccc(CC(N)=O)c2)c1.NC(=O)Cc1cccc(Br)c1. The summed E-state index contributed by atoms with van der Waals surface area (Å²) in [5.41, 5.74) is 14.2. The van der Waals surface area contributed by atoms with Crippen LogP contribution in [0.1, 0.15) is 11.1 Å². The van der Waals surface area contributed by atoms with Crippen LogP contribution >= 0.6 is 15.9 Å². The molecule has 0 aliphatic heterocycles. The summed E-state index contributed by atoms with van der Waals surface area (Å²) in [5, 5.41) is 0. The molecule has 0 heterocycles. The minimum atomic E-state index is -0.321. The van der Waals surface area contributed by atoms with Crippen LogP contribution in [0.25, 0.3) is 11.1 Å². The average Bonchev–Trinajstić information content (AvgIpc) is 2.68. The predicted molar refractivity (Wildman–Crippen MR) is 118 cm³/mol. The van der Waals surface area contributed by atoms with Crippen molar-refractivity contribution in [1.29, 1.82) is 0 Å². The van der Waals surface area contributed by atoms with E-state index in [0.29, 0.717) is 6.42 Å². The second-order valence-corrected chi connectivity index (χ2v) is 7.26. The summed E-state index contributed by atoms with van der Waals surface area (Å²) in [6, 6.07) is 23.1. The number of nitrogens with two attached hydrogens (primary N) is 2. The molecule has 3 aromatic carbocycles. The number of carbonyl (C=O) groups excluding carboxylic acids is 2. The molecule has 0 bridgehead atoms. The first-order chi connectivity index (χ1) is 13.9. The number of primary amides is 2.